The van der Waals surface area contributed by atoms with Crippen LogP contribution in [0.1, 0.15) is 45.1 Å². The van der Waals surface area contributed by atoms with Crippen molar-refractivity contribution in [3.63, 3.8) is 0 Å². The molecule has 1 fully saturated rings. The van der Waals surface area contributed by atoms with Crippen molar-refractivity contribution < 1.29 is 4.79 Å². The molecule has 3 heterocycles. The van der Waals surface area contributed by atoms with Gasteiger partial charge in [-0.15, -0.1) is 11.3 Å². The second kappa shape index (κ2) is 10.7. The first-order valence-corrected chi connectivity index (χ1v) is 13.4. The van der Waals surface area contributed by atoms with E-state index in [0.29, 0.717) is 10.0 Å². The van der Waals surface area contributed by atoms with Gasteiger partial charge in [0.2, 0.25) is 0 Å². The van der Waals surface area contributed by atoms with Crippen LogP contribution in [0.2, 0.25) is 0 Å². The quantitative estimate of drug-likeness (QED) is 0.262. The molecule has 0 atom stereocenters. The molecule has 1 saturated heterocycles. The molecule has 0 unspecified atom stereocenters. The maximum absolute atomic E-state index is 12.9. The number of amides is 1. The smallest absolute Gasteiger partial charge is 0.273 e. The van der Waals surface area contributed by atoms with Crippen LogP contribution < -0.4 is 9.38 Å². The van der Waals surface area contributed by atoms with Crippen molar-refractivity contribution in [1.29, 1.82) is 5.41 Å². The highest BCUT2D eigenvalue weighted by Crippen LogP contribution is 2.37. The Labute approximate surface area is 209 Å². The van der Waals surface area contributed by atoms with Gasteiger partial charge in [-0.2, -0.15) is 5.10 Å². The lowest BCUT2D eigenvalue weighted by Gasteiger charge is -2.34. The Morgan fingerprint density at radius 2 is 1.85 bits per heavy atom. The molecule has 0 bridgehead atoms. The Bertz CT molecular complexity index is 1160. The molecular weight excluding hydrogens is 464 g/mol. The van der Waals surface area contributed by atoms with Gasteiger partial charge in [-0.3, -0.25) is 19.8 Å². The number of carbonyl (C=O) groups is 1. The highest BCUT2D eigenvalue weighted by atomic mass is 32.2. The summed E-state index contributed by atoms with van der Waals surface area (Å²) in [5, 5.41) is 18.0. The van der Waals surface area contributed by atoms with Crippen LogP contribution in [0.4, 0.5) is 10.8 Å². The number of quaternary nitrogens is 1. The van der Waals surface area contributed by atoms with Crippen molar-refractivity contribution in [3.05, 3.63) is 52.5 Å². The molecule has 1 aliphatic rings. The van der Waals surface area contributed by atoms with Crippen molar-refractivity contribution in [2.45, 2.75) is 39.5 Å². The van der Waals surface area contributed by atoms with Gasteiger partial charge in [0.25, 0.3) is 5.91 Å². The topological polar surface area (TPSA) is 85.7 Å². The van der Waals surface area contributed by atoms with Gasteiger partial charge in [-0.1, -0.05) is 26.7 Å². The molecular formula is C25H31N6OS2+. The number of benzene rings is 1. The van der Waals surface area contributed by atoms with Crippen LogP contribution in [0.5, 0.6) is 0 Å². The number of nitrogens with zero attached hydrogens (tertiary/aromatic N) is 4. The zero-order valence-electron chi connectivity index (χ0n) is 19.9. The van der Waals surface area contributed by atoms with Crippen molar-refractivity contribution in [3.8, 4) is 11.3 Å². The number of carbonyl (C=O) groups excluding carboxylic acids is 1. The Kier molecular flexibility index (Phi) is 7.65. The molecule has 2 aromatic heterocycles. The third-order valence-electron chi connectivity index (χ3n) is 6.18. The first-order valence-electron chi connectivity index (χ1n) is 11.7. The molecule has 1 aromatic carbocycles. The van der Waals surface area contributed by atoms with E-state index in [0.717, 1.165) is 46.2 Å². The Morgan fingerprint density at radius 1 is 1.15 bits per heavy atom. The summed E-state index contributed by atoms with van der Waals surface area (Å²) >= 11 is 2.49. The van der Waals surface area contributed by atoms with Gasteiger partial charge in [0.1, 0.15) is 5.69 Å². The maximum Gasteiger partial charge on any atom is 0.273 e. The number of rotatable bonds is 10. The highest BCUT2D eigenvalue weighted by Gasteiger charge is 2.35. The fourth-order valence-corrected chi connectivity index (χ4v) is 5.67. The first-order chi connectivity index (χ1) is 16.5. The summed E-state index contributed by atoms with van der Waals surface area (Å²) in [5.41, 5.74) is 4.03. The molecule has 4 rings (SSSR count). The van der Waals surface area contributed by atoms with Crippen molar-refractivity contribution >= 4 is 51.1 Å². The number of hydrogen-bond acceptors (Lipinski definition) is 6. The van der Waals surface area contributed by atoms with Crippen LogP contribution >= 0.6 is 23.1 Å². The number of aromatic amines is 1. The number of thiazole rings is 1. The minimum Gasteiger partial charge on any atom is -0.294 e. The van der Waals surface area contributed by atoms with Crippen LogP contribution in [-0.2, 0) is 4.79 Å². The Morgan fingerprint density at radius 3 is 2.47 bits per heavy atom. The van der Waals surface area contributed by atoms with Gasteiger partial charge in [-0.25, -0.2) is 9.88 Å². The molecule has 9 heteroatoms. The molecule has 1 aliphatic heterocycles. The number of aromatic nitrogens is 3. The van der Waals surface area contributed by atoms with Gasteiger partial charge in [-0.05, 0) is 54.9 Å². The summed E-state index contributed by atoms with van der Waals surface area (Å²) < 4.78 is 0.946. The van der Waals surface area contributed by atoms with E-state index in [4.69, 9.17) is 5.41 Å². The fraction of sp³-hybridized carbons (Fsp3) is 0.360. The van der Waals surface area contributed by atoms with Gasteiger partial charge >= 0.3 is 0 Å². The van der Waals surface area contributed by atoms with Gasteiger partial charge in [0.15, 0.2) is 10.3 Å². The molecule has 7 nitrogen and oxygen atoms in total. The monoisotopic (exact) mass is 495 g/mol. The van der Waals surface area contributed by atoms with Gasteiger partial charge in [0, 0.05) is 22.7 Å². The number of unbranched alkanes of at least 4 members (excludes halogenated alkanes) is 2. The normalized spacial score (nSPS) is 15.6. The third-order valence-corrected chi connectivity index (χ3v) is 7.82. The summed E-state index contributed by atoms with van der Waals surface area (Å²) in [6.07, 6.45) is 9.97. The second-order valence-corrected chi connectivity index (χ2v) is 10.6. The molecule has 34 heavy (non-hydrogen) atoms. The standard InChI is InChI=1S/C25H30N6OS2/c1-4-6-13-31(3,14-7-5-2)20-10-8-18(9-11-20)22-19(17-28-29-22)16-21-23(32)30(24(26)34-21)25-27-12-15-33-25/h8-12,15-17,26H,4-7,13-14H2,1-3H3/p+1. The van der Waals surface area contributed by atoms with E-state index in [1.54, 1.807) is 17.8 Å². The minimum atomic E-state index is -0.229. The predicted octanol–water partition coefficient (Wildman–Crippen LogP) is 6.13. The average Bonchev–Trinajstić information content (AvgIpc) is 3.58. The largest absolute Gasteiger partial charge is 0.294 e. The van der Waals surface area contributed by atoms with E-state index in [1.807, 2.05) is 6.08 Å². The summed E-state index contributed by atoms with van der Waals surface area (Å²) in [4.78, 5) is 19.0. The van der Waals surface area contributed by atoms with E-state index in [-0.39, 0.29) is 11.1 Å². The number of H-pyrrole nitrogens is 1. The van der Waals surface area contributed by atoms with Crippen LogP contribution in [0.15, 0.2) is 46.9 Å². The number of nitrogens with one attached hydrogen (secondary N) is 2. The van der Waals surface area contributed by atoms with Crippen molar-refractivity contribution in [2.24, 2.45) is 0 Å². The zero-order chi connectivity index (χ0) is 24.1. The fourth-order valence-electron chi connectivity index (χ4n) is 4.14. The number of hydrogen-bond donors (Lipinski definition) is 2. The van der Waals surface area contributed by atoms with Crippen LogP contribution in [0, 0.1) is 5.41 Å². The molecule has 0 aliphatic carbocycles. The molecule has 3 aromatic rings. The number of amidine groups is 1. The predicted molar refractivity (Wildman–Crippen MR) is 144 cm³/mol. The van der Waals surface area contributed by atoms with Gasteiger partial charge < -0.3 is 0 Å². The third kappa shape index (κ3) is 5.01. The van der Waals surface area contributed by atoms with Crippen LogP contribution in [-0.4, -0.2) is 46.4 Å². The molecule has 0 radical (unpaired) electrons. The van der Waals surface area contributed by atoms with Gasteiger partial charge in [0.05, 0.1) is 36.9 Å². The maximum atomic E-state index is 12.9. The second-order valence-electron chi connectivity index (χ2n) is 8.67. The summed E-state index contributed by atoms with van der Waals surface area (Å²) in [6, 6.07) is 8.70. The number of anilines is 1. The van der Waals surface area contributed by atoms with E-state index >= 15 is 0 Å². The molecule has 0 saturated carbocycles. The lowest BCUT2D eigenvalue weighted by Crippen LogP contribution is -2.46. The van der Waals surface area contributed by atoms with E-state index in [2.05, 4.69) is 60.3 Å². The Hall–Kier alpha value is -2.75. The lowest BCUT2D eigenvalue weighted by atomic mass is 10.1. The summed E-state index contributed by atoms with van der Waals surface area (Å²) in [5.74, 6) is -0.229. The van der Waals surface area contributed by atoms with E-state index < -0.39 is 0 Å². The van der Waals surface area contributed by atoms with Crippen molar-refractivity contribution in [2.75, 3.05) is 25.0 Å². The summed E-state index contributed by atoms with van der Waals surface area (Å²) in [6.45, 7) is 6.76. The molecule has 0 spiro atoms. The zero-order valence-corrected chi connectivity index (χ0v) is 21.5. The molecule has 2 N–H and O–H groups in total. The average molecular weight is 496 g/mol. The molecule has 178 valence electrons. The Balaban J connectivity index is 1.58. The van der Waals surface area contributed by atoms with Crippen molar-refractivity contribution in [1.82, 2.24) is 19.7 Å². The minimum absolute atomic E-state index is 0.164. The number of thioether (sulfide) groups is 1. The van der Waals surface area contributed by atoms with Crippen LogP contribution in [0.25, 0.3) is 17.3 Å². The van der Waals surface area contributed by atoms with E-state index in [1.165, 1.54) is 47.6 Å². The molecule has 1 amide bonds. The summed E-state index contributed by atoms with van der Waals surface area (Å²) in [7, 11) is 2.33. The lowest BCUT2D eigenvalue weighted by molar-refractivity contribution is -0.113. The van der Waals surface area contributed by atoms with Crippen LogP contribution in [0.3, 0.4) is 0 Å². The first kappa shape index (κ1) is 24.4. The highest BCUT2D eigenvalue weighted by molar-refractivity contribution is 8.19. The SMILES string of the molecule is CCCC[N+](C)(CCCC)c1ccc(-c2[nH]ncc2C=C2SC(=N)N(c3nccs3)C2=O)cc1. The van der Waals surface area contributed by atoms with E-state index in [9.17, 15) is 4.79 Å².